The van der Waals surface area contributed by atoms with Gasteiger partial charge in [0.15, 0.2) is 0 Å². The first kappa shape index (κ1) is 39.3. The van der Waals surface area contributed by atoms with E-state index in [2.05, 4.69) is 66.9 Å². The maximum Gasteiger partial charge on any atom is 0.0302 e. The van der Waals surface area contributed by atoms with Crippen LogP contribution in [0.25, 0.3) is 0 Å². The summed E-state index contributed by atoms with van der Waals surface area (Å²) in [6.45, 7) is 4.79. The fourth-order valence-electron chi connectivity index (χ4n) is 15.1. The van der Waals surface area contributed by atoms with Crippen molar-refractivity contribution in [1.82, 2.24) is 5.32 Å². The Morgan fingerprint density at radius 2 is 1.44 bits per heavy atom. The fourth-order valence-corrected chi connectivity index (χ4v) is 15.1. The van der Waals surface area contributed by atoms with Gasteiger partial charge >= 0.3 is 0 Å². The second kappa shape index (κ2) is 19.3. The van der Waals surface area contributed by atoms with Crippen LogP contribution >= 0.6 is 0 Å². The molecule has 0 spiro atoms. The predicted molar refractivity (Wildman–Crippen MR) is 231 cm³/mol. The SMILES string of the molecule is CC(CCC(CNC1=CC2C=CCCC2C=C1)C1CCC(C2CC=CCC2)CC1)C1CCC(C2CCC(CCCCN)C3C=CCCC32)C2CCCCC12. The van der Waals surface area contributed by atoms with E-state index >= 15 is 0 Å². The molecular formula is C52H82N2. The molecule has 4 saturated carbocycles. The van der Waals surface area contributed by atoms with Gasteiger partial charge in [0.25, 0.3) is 0 Å². The molecule has 300 valence electrons. The smallest absolute Gasteiger partial charge is 0.0302 e. The lowest BCUT2D eigenvalue weighted by molar-refractivity contribution is -0.0436. The number of hydrogen-bond donors (Lipinski definition) is 2. The van der Waals surface area contributed by atoms with Gasteiger partial charge in [-0.3, -0.25) is 0 Å². The average molecular weight is 735 g/mol. The van der Waals surface area contributed by atoms with Gasteiger partial charge in [-0.15, -0.1) is 0 Å². The van der Waals surface area contributed by atoms with Crippen molar-refractivity contribution < 1.29 is 0 Å². The van der Waals surface area contributed by atoms with E-state index in [1.54, 1.807) is 19.3 Å². The van der Waals surface area contributed by atoms with Gasteiger partial charge in [-0.25, -0.2) is 0 Å². The van der Waals surface area contributed by atoms with E-state index < -0.39 is 0 Å². The molecular weight excluding hydrogens is 653 g/mol. The highest BCUT2D eigenvalue weighted by Gasteiger charge is 2.49. The zero-order valence-corrected chi connectivity index (χ0v) is 34.8. The molecule has 8 rings (SSSR count). The first-order chi connectivity index (χ1) is 26.7. The molecule has 0 aromatic heterocycles. The number of fused-ring (bicyclic) bond motifs is 3. The zero-order chi connectivity index (χ0) is 36.7. The van der Waals surface area contributed by atoms with Crippen LogP contribution in [0.4, 0.5) is 0 Å². The third-order valence-corrected chi connectivity index (χ3v) is 18.0. The molecule has 13 unspecified atom stereocenters. The molecule has 0 amide bonds. The minimum Gasteiger partial charge on any atom is -0.385 e. The summed E-state index contributed by atoms with van der Waals surface area (Å²) >= 11 is 0. The van der Waals surface area contributed by atoms with Gasteiger partial charge in [-0.1, -0.05) is 81.2 Å². The molecule has 0 aromatic rings. The van der Waals surface area contributed by atoms with Gasteiger partial charge in [0.2, 0.25) is 0 Å². The Labute approximate surface area is 333 Å². The van der Waals surface area contributed by atoms with E-state index in [9.17, 15) is 0 Å². The Morgan fingerprint density at radius 3 is 2.30 bits per heavy atom. The first-order valence-electron chi connectivity index (χ1n) is 24.5. The lowest BCUT2D eigenvalue weighted by atomic mass is 9.51. The van der Waals surface area contributed by atoms with E-state index in [0.29, 0.717) is 5.92 Å². The fraction of sp³-hybridized carbons (Fsp3) is 0.808. The van der Waals surface area contributed by atoms with Crippen LogP contribution < -0.4 is 11.1 Å². The quantitative estimate of drug-likeness (QED) is 0.138. The van der Waals surface area contributed by atoms with Crippen LogP contribution in [0.3, 0.4) is 0 Å². The highest BCUT2D eigenvalue weighted by molar-refractivity contribution is 5.28. The first-order valence-corrected chi connectivity index (χ1v) is 24.5. The number of nitrogens with two attached hydrogens (primary N) is 1. The summed E-state index contributed by atoms with van der Waals surface area (Å²) in [5.74, 6) is 13.7. The molecule has 0 saturated heterocycles. The van der Waals surface area contributed by atoms with Gasteiger partial charge in [0, 0.05) is 18.2 Å². The van der Waals surface area contributed by atoms with E-state index in [4.69, 9.17) is 5.73 Å². The van der Waals surface area contributed by atoms with Crippen LogP contribution in [0.15, 0.2) is 60.4 Å². The third-order valence-electron chi connectivity index (χ3n) is 18.0. The van der Waals surface area contributed by atoms with E-state index in [-0.39, 0.29) is 0 Å². The minimum absolute atomic E-state index is 0.611. The maximum atomic E-state index is 5.92. The topological polar surface area (TPSA) is 38.0 Å². The van der Waals surface area contributed by atoms with E-state index in [1.807, 2.05) is 0 Å². The molecule has 0 heterocycles. The monoisotopic (exact) mass is 735 g/mol. The van der Waals surface area contributed by atoms with Crippen LogP contribution in [-0.2, 0) is 0 Å². The molecule has 8 aliphatic carbocycles. The van der Waals surface area contributed by atoms with Gasteiger partial charge in [0.05, 0.1) is 0 Å². The van der Waals surface area contributed by atoms with Crippen molar-refractivity contribution in [2.24, 2.45) is 94.5 Å². The Morgan fingerprint density at radius 1 is 0.667 bits per heavy atom. The second-order valence-electron chi connectivity index (χ2n) is 20.7. The maximum absolute atomic E-state index is 5.92. The van der Waals surface area contributed by atoms with E-state index in [0.717, 1.165) is 89.4 Å². The molecule has 0 aromatic carbocycles. The average Bonchev–Trinajstić information content (AvgIpc) is 3.24. The van der Waals surface area contributed by atoms with Crippen LogP contribution in [-0.4, -0.2) is 13.1 Å². The summed E-state index contributed by atoms with van der Waals surface area (Å²) < 4.78 is 0. The Bertz CT molecular complexity index is 1310. The van der Waals surface area contributed by atoms with Crippen molar-refractivity contribution >= 4 is 0 Å². The van der Waals surface area contributed by atoms with Crippen molar-refractivity contribution in [3.05, 3.63) is 60.4 Å². The Hall–Kier alpha value is -1.54. The molecule has 0 aliphatic heterocycles. The molecule has 54 heavy (non-hydrogen) atoms. The zero-order valence-electron chi connectivity index (χ0n) is 34.8. The lowest BCUT2D eigenvalue weighted by Crippen LogP contribution is -2.47. The molecule has 13 atom stereocenters. The number of hydrogen-bond acceptors (Lipinski definition) is 2. The molecule has 4 fully saturated rings. The van der Waals surface area contributed by atoms with Gasteiger partial charge in [-0.2, -0.15) is 0 Å². The van der Waals surface area contributed by atoms with Crippen LogP contribution in [0.2, 0.25) is 0 Å². The minimum atomic E-state index is 0.611. The summed E-state index contributed by atoms with van der Waals surface area (Å²) in [5.41, 5.74) is 7.33. The van der Waals surface area contributed by atoms with Crippen LogP contribution in [0, 0.1) is 88.8 Å². The van der Waals surface area contributed by atoms with Crippen LogP contribution in [0.5, 0.6) is 0 Å². The highest BCUT2D eigenvalue weighted by Crippen LogP contribution is 2.58. The van der Waals surface area contributed by atoms with Crippen molar-refractivity contribution in [1.29, 1.82) is 0 Å². The Balaban J connectivity index is 0.905. The van der Waals surface area contributed by atoms with Crippen molar-refractivity contribution in [2.75, 3.05) is 13.1 Å². The largest absolute Gasteiger partial charge is 0.385 e. The van der Waals surface area contributed by atoms with Crippen molar-refractivity contribution in [2.45, 2.75) is 161 Å². The standard InChI is InChI=1S/C52H82N2/c1-37(46-32-33-52(50-21-10-9-19-48(46)50)51-31-29-42(16-11-12-34-53)47-18-7-8-20-49(47)51)22-23-44(36-54-45-30-28-39-15-5-6-17-43(39)35-45)41-26-24-40(25-27-41)38-13-3-2-4-14-38/h2-3,6-7,17-18,28,30,35,37-44,46-52,54H,4-5,8-16,19-27,29,31-34,36,53H2,1H3. The number of allylic oxidation sites excluding steroid dienone is 9. The molecule has 8 aliphatic rings. The number of rotatable bonds is 14. The lowest BCUT2D eigenvalue weighted by Gasteiger charge is -2.54. The summed E-state index contributed by atoms with van der Waals surface area (Å²) in [6, 6.07) is 0. The van der Waals surface area contributed by atoms with Crippen molar-refractivity contribution in [3.63, 3.8) is 0 Å². The molecule has 0 radical (unpaired) electrons. The third kappa shape index (κ3) is 9.26. The summed E-state index contributed by atoms with van der Waals surface area (Å²) in [6.07, 6.45) is 57.2. The molecule has 2 nitrogen and oxygen atoms in total. The molecule has 3 N–H and O–H groups in total. The van der Waals surface area contributed by atoms with Gasteiger partial charge < -0.3 is 11.1 Å². The summed E-state index contributed by atoms with van der Waals surface area (Å²) in [7, 11) is 0. The van der Waals surface area contributed by atoms with Gasteiger partial charge in [0.1, 0.15) is 0 Å². The van der Waals surface area contributed by atoms with Gasteiger partial charge in [-0.05, 0) is 224 Å². The van der Waals surface area contributed by atoms with Crippen LogP contribution in [0.1, 0.15) is 161 Å². The highest BCUT2D eigenvalue weighted by atomic mass is 14.9. The summed E-state index contributed by atoms with van der Waals surface area (Å²) in [4.78, 5) is 0. The van der Waals surface area contributed by atoms with Crippen molar-refractivity contribution in [3.8, 4) is 0 Å². The van der Waals surface area contributed by atoms with E-state index in [1.165, 1.54) is 147 Å². The molecule has 2 heteroatoms. The number of nitrogens with one attached hydrogen (secondary N) is 1. The number of unbranched alkanes of at least 4 members (excludes halogenated alkanes) is 1. The normalized spacial score (nSPS) is 41.6. The molecule has 0 bridgehead atoms. The predicted octanol–water partition coefficient (Wildman–Crippen LogP) is 13.4. The Kier molecular flexibility index (Phi) is 14.0. The summed E-state index contributed by atoms with van der Waals surface area (Å²) in [5, 5.41) is 4.08. The second-order valence-corrected chi connectivity index (χ2v) is 20.7.